The van der Waals surface area contributed by atoms with E-state index in [1.807, 2.05) is 44.2 Å². The van der Waals surface area contributed by atoms with Gasteiger partial charge in [-0.3, -0.25) is 4.79 Å². The average Bonchev–Trinajstić information content (AvgIpc) is 2.85. The molecule has 1 aliphatic rings. The predicted molar refractivity (Wildman–Crippen MR) is 97.6 cm³/mol. The largest absolute Gasteiger partial charge is 0.457 e. The molecular weight excluding hydrogens is 343 g/mol. The van der Waals surface area contributed by atoms with Crippen molar-refractivity contribution in [3.8, 4) is 0 Å². The van der Waals surface area contributed by atoms with E-state index in [1.54, 1.807) is 24.3 Å². The highest BCUT2D eigenvalue weighted by Gasteiger charge is 2.51. The molecule has 0 unspecified atom stereocenters. The number of carbonyl (C=O) groups excluding carboxylic acids is 1. The second-order valence-electron chi connectivity index (χ2n) is 6.31. The molecule has 0 saturated carbocycles. The molecule has 3 rings (SSSR count). The van der Waals surface area contributed by atoms with Crippen LogP contribution in [0.4, 0.5) is 0 Å². The van der Waals surface area contributed by atoms with Gasteiger partial charge >= 0.3 is 5.97 Å². The third kappa shape index (κ3) is 3.09. The quantitative estimate of drug-likeness (QED) is 0.528. The first kappa shape index (κ1) is 17.1. The van der Waals surface area contributed by atoms with E-state index in [4.69, 9.17) is 27.9 Å². The summed E-state index contributed by atoms with van der Waals surface area (Å²) in [5.74, 6) is -0.241. The van der Waals surface area contributed by atoms with Gasteiger partial charge in [0.2, 0.25) is 0 Å². The summed E-state index contributed by atoms with van der Waals surface area (Å²) in [5.41, 5.74) is 2.04. The fourth-order valence-corrected chi connectivity index (χ4v) is 3.49. The molecule has 2 nitrogen and oxygen atoms in total. The highest BCUT2D eigenvalue weighted by molar-refractivity contribution is 6.30. The van der Waals surface area contributed by atoms with E-state index in [0.717, 1.165) is 16.7 Å². The minimum atomic E-state index is -0.841. The molecule has 0 aromatic heterocycles. The van der Waals surface area contributed by atoms with Crippen molar-refractivity contribution in [1.82, 2.24) is 0 Å². The zero-order valence-electron chi connectivity index (χ0n) is 13.6. The molecule has 124 valence electrons. The van der Waals surface area contributed by atoms with E-state index in [1.165, 1.54) is 0 Å². The van der Waals surface area contributed by atoms with Crippen molar-refractivity contribution in [2.24, 2.45) is 0 Å². The maximum Gasteiger partial charge on any atom is 0.321 e. The second kappa shape index (κ2) is 6.62. The van der Waals surface area contributed by atoms with Crippen molar-refractivity contribution in [1.29, 1.82) is 0 Å². The van der Waals surface area contributed by atoms with Crippen LogP contribution in [0.1, 0.15) is 31.4 Å². The van der Waals surface area contributed by atoms with Gasteiger partial charge in [0.05, 0.1) is 0 Å². The van der Waals surface area contributed by atoms with Gasteiger partial charge in [0, 0.05) is 16.5 Å². The molecule has 4 heteroatoms. The first-order chi connectivity index (χ1) is 11.4. The van der Waals surface area contributed by atoms with E-state index in [-0.39, 0.29) is 12.1 Å². The molecule has 2 aromatic carbocycles. The fourth-order valence-electron chi connectivity index (χ4n) is 3.24. The Labute approximate surface area is 152 Å². The number of benzene rings is 2. The van der Waals surface area contributed by atoms with Crippen molar-refractivity contribution in [3.63, 3.8) is 0 Å². The van der Waals surface area contributed by atoms with E-state index in [9.17, 15) is 4.79 Å². The van der Waals surface area contributed by atoms with Gasteiger partial charge in [-0.15, -0.1) is 0 Å². The number of esters is 1. The Kier molecular flexibility index (Phi) is 4.71. The van der Waals surface area contributed by atoms with Gasteiger partial charge in [0.1, 0.15) is 11.5 Å². The number of allylic oxidation sites excluding steroid dienone is 1. The minimum absolute atomic E-state index is 0.241. The predicted octanol–water partition coefficient (Wildman–Crippen LogP) is 5.56. The summed E-state index contributed by atoms with van der Waals surface area (Å²) in [7, 11) is 0. The summed E-state index contributed by atoms with van der Waals surface area (Å²) in [6.07, 6.45) is 2.31. The summed E-state index contributed by atoms with van der Waals surface area (Å²) >= 11 is 12.0. The van der Waals surface area contributed by atoms with Crippen LogP contribution < -0.4 is 0 Å². The molecule has 0 spiro atoms. The number of hydrogen-bond donors (Lipinski definition) is 0. The molecule has 2 aromatic rings. The third-order valence-electron chi connectivity index (χ3n) is 4.31. The molecule has 0 aliphatic carbocycles. The smallest absolute Gasteiger partial charge is 0.321 e. The molecule has 0 radical (unpaired) electrons. The Morgan fingerprint density at radius 3 is 1.88 bits per heavy atom. The Balaban J connectivity index is 2.14. The van der Waals surface area contributed by atoms with E-state index >= 15 is 0 Å². The maximum absolute atomic E-state index is 12.9. The number of cyclic esters (lactones) is 1. The number of rotatable bonds is 3. The Hall–Kier alpha value is -1.77. The van der Waals surface area contributed by atoms with Crippen LogP contribution in [0, 0.1) is 0 Å². The van der Waals surface area contributed by atoms with Crippen molar-refractivity contribution in [2.75, 3.05) is 0 Å². The molecular formula is C20H18Cl2O2. The van der Waals surface area contributed by atoms with Crippen molar-refractivity contribution in [3.05, 3.63) is 81.4 Å². The van der Waals surface area contributed by atoms with Crippen molar-refractivity contribution in [2.45, 2.75) is 31.8 Å². The summed E-state index contributed by atoms with van der Waals surface area (Å²) in [5, 5.41) is 1.27. The van der Waals surface area contributed by atoms with E-state index < -0.39 is 5.41 Å². The van der Waals surface area contributed by atoms with Gasteiger partial charge < -0.3 is 4.74 Å². The molecule has 1 heterocycles. The molecule has 1 saturated heterocycles. The monoisotopic (exact) mass is 360 g/mol. The van der Waals surface area contributed by atoms with Crippen molar-refractivity contribution >= 4 is 29.2 Å². The maximum atomic E-state index is 12.9. The molecule has 0 bridgehead atoms. The lowest BCUT2D eigenvalue weighted by molar-refractivity contribution is -0.143. The number of carbonyl (C=O) groups is 1. The van der Waals surface area contributed by atoms with Crippen LogP contribution in [-0.2, 0) is 14.9 Å². The summed E-state index contributed by atoms with van der Waals surface area (Å²) in [6, 6.07) is 14.8. The van der Waals surface area contributed by atoms with Crippen LogP contribution in [0.5, 0.6) is 0 Å². The SMILES string of the molecule is CC(C)=C[C@@H]1CC(c2ccc(Cl)cc2)(c2ccc(Cl)cc2)C(=O)O1. The van der Waals surface area contributed by atoms with Crippen LogP contribution >= 0.6 is 23.2 Å². The lowest BCUT2D eigenvalue weighted by Gasteiger charge is -2.26. The van der Waals surface area contributed by atoms with Crippen LogP contribution in [0.2, 0.25) is 10.0 Å². The standard InChI is InChI=1S/C20H18Cl2O2/c1-13(2)11-18-12-20(19(23)24-18,14-3-7-16(21)8-4-14)15-5-9-17(22)10-6-15/h3-11,18H,12H2,1-2H3/t18-/m1/s1. The van der Waals surface area contributed by atoms with Crippen LogP contribution in [0.15, 0.2) is 60.2 Å². The lowest BCUT2D eigenvalue weighted by atomic mass is 9.72. The number of ether oxygens (including phenoxy) is 1. The summed E-state index contributed by atoms with van der Waals surface area (Å²) in [6.45, 7) is 4.00. The molecule has 24 heavy (non-hydrogen) atoms. The molecule has 0 N–H and O–H groups in total. The van der Waals surface area contributed by atoms with Crippen LogP contribution in [0.25, 0.3) is 0 Å². The van der Waals surface area contributed by atoms with E-state index in [2.05, 4.69) is 0 Å². The van der Waals surface area contributed by atoms with Gasteiger partial charge in [-0.2, -0.15) is 0 Å². The normalized spacial score (nSPS) is 19.0. The fraction of sp³-hybridized carbons (Fsp3) is 0.250. The van der Waals surface area contributed by atoms with Crippen molar-refractivity contribution < 1.29 is 9.53 Å². The first-order valence-corrected chi connectivity index (χ1v) is 8.55. The van der Waals surface area contributed by atoms with Gasteiger partial charge in [0.25, 0.3) is 0 Å². The molecule has 0 amide bonds. The van der Waals surface area contributed by atoms with Gasteiger partial charge in [-0.05, 0) is 55.3 Å². The summed E-state index contributed by atoms with van der Waals surface area (Å²) in [4.78, 5) is 12.9. The highest BCUT2D eigenvalue weighted by atomic mass is 35.5. The third-order valence-corrected chi connectivity index (χ3v) is 4.81. The minimum Gasteiger partial charge on any atom is -0.457 e. The molecule has 1 fully saturated rings. The second-order valence-corrected chi connectivity index (χ2v) is 7.18. The highest BCUT2D eigenvalue weighted by Crippen LogP contribution is 2.44. The van der Waals surface area contributed by atoms with E-state index in [0.29, 0.717) is 16.5 Å². The summed E-state index contributed by atoms with van der Waals surface area (Å²) < 4.78 is 5.68. The Morgan fingerprint density at radius 1 is 1.00 bits per heavy atom. The van der Waals surface area contributed by atoms with Gasteiger partial charge in [-0.25, -0.2) is 0 Å². The van der Waals surface area contributed by atoms with Gasteiger partial charge in [0.15, 0.2) is 0 Å². The zero-order valence-corrected chi connectivity index (χ0v) is 15.1. The van der Waals surface area contributed by atoms with Crippen LogP contribution in [0.3, 0.4) is 0 Å². The lowest BCUT2D eigenvalue weighted by Crippen LogP contribution is -2.33. The van der Waals surface area contributed by atoms with Crippen LogP contribution in [-0.4, -0.2) is 12.1 Å². The Bertz CT molecular complexity index is 727. The Morgan fingerprint density at radius 2 is 1.46 bits per heavy atom. The number of halogens is 2. The first-order valence-electron chi connectivity index (χ1n) is 7.80. The number of hydrogen-bond acceptors (Lipinski definition) is 2. The van der Waals surface area contributed by atoms with Gasteiger partial charge in [-0.1, -0.05) is 53.0 Å². The zero-order chi connectivity index (χ0) is 17.3. The molecule has 1 aliphatic heterocycles. The molecule has 1 atom stereocenters. The average molecular weight is 361 g/mol. The topological polar surface area (TPSA) is 26.3 Å².